The Bertz CT molecular complexity index is 617. The Morgan fingerprint density at radius 3 is 2.67 bits per heavy atom. The summed E-state index contributed by atoms with van der Waals surface area (Å²) >= 11 is 0. The number of aromatic nitrogens is 2. The number of anilines is 1. The molecule has 0 radical (unpaired) electrons. The predicted molar refractivity (Wildman–Crippen MR) is 76.6 cm³/mol. The van der Waals surface area contributed by atoms with E-state index in [0.29, 0.717) is 23.5 Å². The van der Waals surface area contributed by atoms with E-state index in [9.17, 15) is 13.2 Å². The molecule has 0 saturated carbocycles. The van der Waals surface area contributed by atoms with Gasteiger partial charge < -0.3 is 5.73 Å². The molecule has 1 unspecified atom stereocenters. The summed E-state index contributed by atoms with van der Waals surface area (Å²) in [5, 5.41) is 6.78. The molecule has 1 heterocycles. The number of nitrogens with two attached hydrogens (primary N) is 1. The molecule has 0 saturated heterocycles. The molecule has 3 N–H and O–H groups in total. The van der Waals surface area contributed by atoms with Gasteiger partial charge >= 0.3 is 6.18 Å². The third-order valence-electron chi connectivity index (χ3n) is 3.60. The summed E-state index contributed by atoms with van der Waals surface area (Å²) in [4.78, 5) is 0. The molecule has 0 aliphatic carbocycles. The van der Waals surface area contributed by atoms with Crippen molar-refractivity contribution in [2.45, 2.75) is 32.9 Å². The molecule has 2 aromatic rings. The zero-order chi connectivity index (χ0) is 15.6. The fourth-order valence-electron chi connectivity index (χ4n) is 2.21. The van der Waals surface area contributed by atoms with Crippen LogP contribution in [0.25, 0.3) is 11.1 Å². The van der Waals surface area contributed by atoms with Gasteiger partial charge in [0.1, 0.15) is 0 Å². The molecule has 0 fully saturated rings. The second-order valence-electron chi connectivity index (χ2n) is 5.26. The van der Waals surface area contributed by atoms with Crippen LogP contribution in [0.2, 0.25) is 0 Å². The highest BCUT2D eigenvalue weighted by Gasteiger charge is 2.31. The van der Waals surface area contributed by atoms with Crippen molar-refractivity contribution in [1.82, 2.24) is 10.2 Å². The van der Waals surface area contributed by atoms with E-state index in [-0.39, 0.29) is 5.82 Å². The SMILES string of the molecule is CCC(C)Cc1[nH]nc(N)c1-c1cccc(C(F)(F)F)c1. The van der Waals surface area contributed by atoms with E-state index >= 15 is 0 Å². The predicted octanol–water partition coefficient (Wildman–Crippen LogP) is 4.27. The maximum atomic E-state index is 12.8. The lowest BCUT2D eigenvalue weighted by molar-refractivity contribution is -0.137. The Labute approximate surface area is 121 Å². The number of rotatable bonds is 4. The summed E-state index contributed by atoms with van der Waals surface area (Å²) in [6, 6.07) is 5.17. The van der Waals surface area contributed by atoms with Crippen molar-refractivity contribution in [2.75, 3.05) is 5.73 Å². The maximum absolute atomic E-state index is 12.8. The van der Waals surface area contributed by atoms with Crippen molar-refractivity contribution in [1.29, 1.82) is 0 Å². The molecule has 114 valence electrons. The van der Waals surface area contributed by atoms with Crippen LogP contribution in [0.1, 0.15) is 31.5 Å². The second-order valence-corrected chi connectivity index (χ2v) is 5.26. The van der Waals surface area contributed by atoms with Crippen LogP contribution in [-0.2, 0) is 12.6 Å². The van der Waals surface area contributed by atoms with E-state index in [1.807, 2.05) is 0 Å². The van der Waals surface area contributed by atoms with E-state index in [4.69, 9.17) is 5.73 Å². The minimum atomic E-state index is -4.37. The molecule has 3 nitrogen and oxygen atoms in total. The lowest BCUT2D eigenvalue weighted by Crippen LogP contribution is -2.05. The number of aromatic amines is 1. The summed E-state index contributed by atoms with van der Waals surface area (Å²) in [6.45, 7) is 4.14. The van der Waals surface area contributed by atoms with Gasteiger partial charge in [-0.15, -0.1) is 0 Å². The standard InChI is InChI=1S/C15H18F3N3/c1-3-9(2)7-12-13(14(19)21-20-12)10-5-4-6-11(8-10)15(16,17)18/h4-6,8-9H,3,7H2,1-2H3,(H3,19,20,21). The molecule has 0 bridgehead atoms. The van der Waals surface area contributed by atoms with Gasteiger partial charge in [-0.3, -0.25) is 5.10 Å². The van der Waals surface area contributed by atoms with Crippen LogP contribution < -0.4 is 5.73 Å². The largest absolute Gasteiger partial charge is 0.416 e. The maximum Gasteiger partial charge on any atom is 0.416 e. The molecule has 1 aromatic carbocycles. The van der Waals surface area contributed by atoms with E-state index in [2.05, 4.69) is 24.0 Å². The van der Waals surface area contributed by atoms with Crippen LogP contribution in [-0.4, -0.2) is 10.2 Å². The van der Waals surface area contributed by atoms with Gasteiger partial charge in [-0.1, -0.05) is 32.4 Å². The summed E-state index contributed by atoms with van der Waals surface area (Å²) in [6.07, 6.45) is -2.70. The highest BCUT2D eigenvalue weighted by atomic mass is 19.4. The Kier molecular flexibility index (Phi) is 4.25. The fourth-order valence-corrected chi connectivity index (χ4v) is 2.21. The second kappa shape index (κ2) is 5.79. The molecule has 0 aliphatic heterocycles. The Morgan fingerprint density at radius 1 is 1.33 bits per heavy atom. The average Bonchev–Trinajstić information content (AvgIpc) is 2.78. The quantitative estimate of drug-likeness (QED) is 0.885. The molecule has 0 spiro atoms. The molecular formula is C15H18F3N3. The number of nitrogens with zero attached hydrogens (tertiary/aromatic N) is 1. The van der Waals surface area contributed by atoms with Crippen molar-refractivity contribution >= 4 is 5.82 Å². The van der Waals surface area contributed by atoms with Crippen molar-refractivity contribution in [3.63, 3.8) is 0 Å². The van der Waals surface area contributed by atoms with Gasteiger partial charge in [0.05, 0.1) is 5.56 Å². The van der Waals surface area contributed by atoms with Crippen LogP contribution in [0.3, 0.4) is 0 Å². The molecule has 1 aromatic heterocycles. The van der Waals surface area contributed by atoms with Crippen LogP contribution in [0.4, 0.5) is 19.0 Å². The van der Waals surface area contributed by atoms with Crippen molar-refractivity contribution in [3.05, 3.63) is 35.5 Å². The number of nitrogen functional groups attached to an aromatic ring is 1. The van der Waals surface area contributed by atoms with Gasteiger partial charge in [0.25, 0.3) is 0 Å². The highest BCUT2D eigenvalue weighted by molar-refractivity contribution is 5.76. The number of alkyl halides is 3. The molecular weight excluding hydrogens is 279 g/mol. The van der Waals surface area contributed by atoms with Crippen LogP contribution in [0.5, 0.6) is 0 Å². The summed E-state index contributed by atoms with van der Waals surface area (Å²) in [7, 11) is 0. The van der Waals surface area contributed by atoms with E-state index in [1.165, 1.54) is 6.07 Å². The van der Waals surface area contributed by atoms with Gasteiger partial charge in [-0.2, -0.15) is 18.3 Å². The number of hydrogen-bond donors (Lipinski definition) is 2. The average molecular weight is 297 g/mol. The normalized spacial score (nSPS) is 13.4. The number of benzene rings is 1. The Hall–Kier alpha value is -1.98. The van der Waals surface area contributed by atoms with Gasteiger partial charge in [0.15, 0.2) is 5.82 Å². The minimum Gasteiger partial charge on any atom is -0.382 e. The third kappa shape index (κ3) is 3.37. The summed E-state index contributed by atoms with van der Waals surface area (Å²) in [5.74, 6) is 0.627. The van der Waals surface area contributed by atoms with Gasteiger partial charge in [-0.25, -0.2) is 0 Å². The van der Waals surface area contributed by atoms with Crippen molar-refractivity contribution in [2.24, 2.45) is 5.92 Å². The fraction of sp³-hybridized carbons (Fsp3) is 0.400. The molecule has 0 amide bonds. The number of H-pyrrole nitrogens is 1. The van der Waals surface area contributed by atoms with Crippen LogP contribution >= 0.6 is 0 Å². The first kappa shape index (κ1) is 15.4. The first-order valence-corrected chi connectivity index (χ1v) is 6.83. The number of nitrogens with one attached hydrogen (secondary N) is 1. The lowest BCUT2D eigenvalue weighted by atomic mass is 9.96. The van der Waals surface area contributed by atoms with Crippen molar-refractivity contribution in [3.8, 4) is 11.1 Å². The number of halogens is 3. The van der Waals surface area contributed by atoms with Crippen LogP contribution in [0, 0.1) is 5.92 Å². The summed E-state index contributed by atoms with van der Waals surface area (Å²) in [5.41, 5.74) is 6.93. The topological polar surface area (TPSA) is 54.7 Å². The number of hydrogen-bond acceptors (Lipinski definition) is 2. The lowest BCUT2D eigenvalue weighted by Gasteiger charge is -2.11. The Morgan fingerprint density at radius 2 is 2.05 bits per heavy atom. The van der Waals surface area contributed by atoms with Crippen LogP contribution in [0.15, 0.2) is 24.3 Å². The van der Waals surface area contributed by atoms with Gasteiger partial charge in [0.2, 0.25) is 0 Å². The van der Waals surface area contributed by atoms with E-state index in [1.54, 1.807) is 6.07 Å². The zero-order valence-corrected chi connectivity index (χ0v) is 12.0. The summed E-state index contributed by atoms with van der Waals surface area (Å²) < 4.78 is 38.5. The first-order chi connectivity index (χ1) is 9.82. The molecule has 6 heteroatoms. The monoisotopic (exact) mass is 297 g/mol. The van der Waals surface area contributed by atoms with E-state index in [0.717, 1.165) is 24.2 Å². The Balaban J connectivity index is 2.45. The van der Waals surface area contributed by atoms with Crippen molar-refractivity contribution < 1.29 is 13.2 Å². The zero-order valence-electron chi connectivity index (χ0n) is 12.0. The van der Waals surface area contributed by atoms with E-state index < -0.39 is 11.7 Å². The highest BCUT2D eigenvalue weighted by Crippen LogP contribution is 2.35. The van der Waals surface area contributed by atoms with Gasteiger partial charge in [-0.05, 0) is 30.0 Å². The minimum absolute atomic E-state index is 0.229. The molecule has 0 aliphatic rings. The van der Waals surface area contributed by atoms with Gasteiger partial charge in [0, 0.05) is 11.3 Å². The third-order valence-corrected chi connectivity index (χ3v) is 3.60. The molecule has 1 atom stereocenters. The smallest absolute Gasteiger partial charge is 0.382 e. The molecule has 21 heavy (non-hydrogen) atoms. The first-order valence-electron chi connectivity index (χ1n) is 6.83. The molecule has 2 rings (SSSR count).